The molecule has 0 radical (unpaired) electrons. The quantitative estimate of drug-likeness (QED) is 0.789. The van der Waals surface area contributed by atoms with E-state index in [2.05, 4.69) is 15.6 Å². The largest absolute Gasteiger partial charge is 0.372 e. The molecule has 3 unspecified atom stereocenters. The summed E-state index contributed by atoms with van der Waals surface area (Å²) in [5.74, 6) is 0.0889. The van der Waals surface area contributed by atoms with Crippen molar-refractivity contribution in [3.8, 4) is 6.07 Å². The smallest absolute Gasteiger partial charge is 0.227 e. The number of imidazole rings is 1. The molecule has 0 aliphatic carbocycles. The summed E-state index contributed by atoms with van der Waals surface area (Å²) in [5, 5.41) is 9.81. The Morgan fingerprint density at radius 1 is 1.33 bits per heavy atom. The summed E-state index contributed by atoms with van der Waals surface area (Å²) in [6.07, 6.45) is 10.1. The Balaban J connectivity index is 1.54. The van der Waals surface area contributed by atoms with Crippen molar-refractivity contribution >= 4 is 5.91 Å². The molecule has 2 saturated heterocycles. The zero-order chi connectivity index (χ0) is 16.6. The Bertz CT molecular complexity index is 651. The van der Waals surface area contributed by atoms with Crippen molar-refractivity contribution in [2.75, 3.05) is 13.2 Å². The first-order valence-electron chi connectivity index (χ1n) is 9.06. The second kappa shape index (κ2) is 6.21. The summed E-state index contributed by atoms with van der Waals surface area (Å²) in [6, 6.07) is 1.97. The molecule has 2 fully saturated rings. The van der Waals surface area contributed by atoms with Gasteiger partial charge in [0.1, 0.15) is 11.6 Å². The van der Waals surface area contributed by atoms with E-state index in [0.29, 0.717) is 13.2 Å². The third-order valence-corrected chi connectivity index (χ3v) is 5.92. The first kappa shape index (κ1) is 15.6. The first-order valence-corrected chi connectivity index (χ1v) is 9.06. The number of amides is 1. The van der Waals surface area contributed by atoms with Crippen molar-refractivity contribution in [2.24, 2.45) is 5.92 Å². The highest BCUT2D eigenvalue weighted by molar-refractivity contribution is 5.80. The van der Waals surface area contributed by atoms with Gasteiger partial charge in [0.25, 0.3) is 0 Å². The van der Waals surface area contributed by atoms with Crippen LogP contribution in [0.3, 0.4) is 0 Å². The number of hydrogen-bond donors (Lipinski definition) is 0. The van der Waals surface area contributed by atoms with Gasteiger partial charge in [-0.1, -0.05) is 0 Å². The molecule has 3 aliphatic rings. The zero-order valence-electron chi connectivity index (χ0n) is 14.0. The minimum Gasteiger partial charge on any atom is -0.372 e. The van der Waals surface area contributed by atoms with E-state index in [1.54, 1.807) is 0 Å². The Morgan fingerprint density at radius 2 is 2.21 bits per heavy atom. The van der Waals surface area contributed by atoms with E-state index in [1.807, 2.05) is 17.4 Å². The third kappa shape index (κ3) is 2.51. The van der Waals surface area contributed by atoms with E-state index in [9.17, 15) is 10.1 Å². The van der Waals surface area contributed by atoms with Crippen LogP contribution in [0.4, 0.5) is 0 Å². The molecular formula is C18H24N4O2. The number of ether oxygens (including phenoxy) is 1. The van der Waals surface area contributed by atoms with Gasteiger partial charge in [0.15, 0.2) is 0 Å². The number of rotatable bonds is 1. The zero-order valence-corrected chi connectivity index (χ0v) is 14.0. The topological polar surface area (TPSA) is 71.2 Å². The lowest BCUT2D eigenvalue weighted by Crippen LogP contribution is -2.61. The van der Waals surface area contributed by atoms with Gasteiger partial charge in [0, 0.05) is 43.9 Å². The standard InChI is InChI=1S/C18H24N4O2/c19-11-16-18(5-1-2-9-24-18)6-3-7-22(16)17(23)14-4-8-21-13-20-12-15(21)10-14/h12-14,16H,1-10H2. The number of nitriles is 1. The number of hydrogen-bond acceptors (Lipinski definition) is 4. The fraction of sp³-hybridized carbons (Fsp3) is 0.722. The minimum atomic E-state index is -0.439. The van der Waals surface area contributed by atoms with Crippen LogP contribution in [0.1, 0.15) is 44.2 Å². The minimum absolute atomic E-state index is 0.0382. The average Bonchev–Trinajstić information content (AvgIpc) is 3.09. The van der Waals surface area contributed by atoms with Crippen LogP contribution in [0.15, 0.2) is 12.5 Å². The SMILES string of the molecule is N#CC1N(C(=O)C2CCn3cncc3C2)CCCC12CCCCO2. The van der Waals surface area contributed by atoms with Gasteiger partial charge in [-0.15, -0.1) is 0 Å². The van der Waals surface area contributed by atoms with Gasteiger partial charge in [-0.3, -0.25) is 4.79 Å². The van der Waals surface area contributed by atoms with E-state index >= 15 is 0 Å². The molecule has 3 atom stereocenters. The molecule has 1 aromatic heterocycles. The lowest BCUT2D eigenvalue weighted by atomic mass is 9.78. The van der Waals surface area contributed by atoms with E-state index in [4.69, 9.17) is 4.74 Å². The van der Waals surface area contributed by atoms with Crippen LogP contribution >= 0.6 is 0 Å². The fourth-order valence-corrected chi connectivity index (χ4v) is 4.62. The van der Waals surface area contributed by atoms with E-state index in [1.165, 1.54) is 0 Å². The maximum atomic E-state index is 13.2. The van der Waals surface area contributed by atoms with Gasteiger partial charge in [-0.05, 0) is 38.5 Å². The van der Waals surface area contributed by atoms with E-state index < -0.39 is 11.6 Å². The number of aromatic nitrogens is 2. The van der Waals surface area contributed by atoms with Gasteiger partial charge < -0.3 is 14.2 Å². The number of carbonyl (C=O) groups is 1. The predicted octanol–water partition coefficient (Wildman–Crippen LogP) is 1.90. The third-order valence-electron chi connectivity index (χ3n) is 5.92. The number of nitrogens with zero attached hydrogens (tertiary/aromatic N) is 4. The second-order valence-electron chi connectivity index (χ2n) is 7.31. The van der Waals surface area contributed by atoms with Crippen molar-refractivity contribution in [1.82, 2.24) is 14.5 Å². The maximum Gasteiger partial charge on any atom is 0.227 e. The van der Waals surface area contributed by atoms with Gasteiger partial charge >= 0.3 is 0 Å². The van der Waals surface area contributed by atoms with Crippen LogP contribution in [0.5, 0.6) is 0 Å². The molecule has 0 saturated carbocycles. The van der Waals surface area contributed by atoms with Crippen LogP contribution in [-0.2, 0) is 22.5 Å². The first-order chi connectivity index (χ1) is 11.7. The van der Waals surface area contributed by atoms with Crippen molar-refractivity contribution in [1.29, 1.82) is 5.26 Å². The van der Waals surface area contributed by atoms with Crippen LogP contribution in [0, 0.1) is 17.2 Å². The summed E-state index contributed by atoms with van der Waals surface area (Å²) in [5.41, 5.74) is 0.686. The van der Waals surface area contributed by atoms with Crippen LogP contribution in [0.25, 0.3) is 0 Å². The Morgan fingerprint density at radius 3 is 3.00 bits per heavy atom. The normalized spacial score (nSPS) is 33.0. The number of carbonyl (C=O) groups excluding carboxylic acids is 1. The van der Waals surface area contributed by atoms with Gasteiger partial charge in [-0.25, -0.2) is 4.98 Å². The van der Waals surface area contributed by atoms with Crippen molar-refractivity contribution < 1.29 is 9.53 Å². The van der Waals surface area contributed by atoms with Crippen LogP contribution < -0.4 is 0 Å². The molecule has 1 amide bonds. The summed E-state index contributed by atoms with van der Waals surface area (Å²) in [6.45, 7) is 2.22. The van der Waals surface area contributed by atoms with Crippen LogP contribution in [-0.4, -0.2) is 45.2 Å². The van der Waals surface area contributed by atoms with Gasteiger partial charge in [0.05, 0.1) is 12.4 Å². The number of likely N-dealkylation sites (tertiary alicyclic amines) is 1. The summed E-state index contributed by atoms with van der Waals surface area (Å²) in [4.78, 5) is 19.2. The highest BCUT2D eigenvalue weighted by Gasteiger charge is 2.49. The number of aryl methyl sites for hydroxylation is 1. The fourth-order valence-electron chi connectivity index (χ4n) is 4.62. The molecule has 1 spiro atoms. The van der Waals surface area contributed by atoms with Crippen molar-refractivity contribution in [2.45, 2.75) is 63.1 Å². The summed E-state index contributed by atoms with van der Waals surface area (Å²) < 4.78 is 8.21. The van der Waals surface area contributed by atoms with Crippen molar-refractivity contribution in [3.63, 3.8) is 0 Å². The maximum absolute atomic E-state index is 13.2. The molecule has 1 aromatic rings. The predicted molar refractivity (Wildman–Crippen MR) is 86.9 cm³/mol. The van der Waals surface area contributed by atoms with E-state index in [-0.39, 0.29) is 11.8 Å². The van der Waals surface area contributed by atoms with E-state index in [0.717, 1.165) is 57.2 Å². The lowest BCUT2D eigenvalue weighted by molar-refractivity contribution is -0.162. The second-order valence-corrected chi connectivity index (χ2v) is 7.31. The average molecular weight is 328 g/mol. The van der Waals surface area contributed by atoms with Gasteiger partial charge in [0.2, 0.25) is 5.91 Å². The van der Waals surface area contributed by atoms with Crippen LogP contribution in [0.2, 0.25) is 0 Å². The molecule has 128 valence electrons. The molecule has 6 heteroatoms. The molecule has 0 bridgehead atoms. The molecule has 4 heterocycles. The molecule has 24 heavy (non-hydrogen) atoms. The summed E-state index contributed by atoms with van der Waals surface area (Å²) in [7, 11) is 0. The Labute approximate surface area is 142 Å². The molecule has 6 nitrogen and oxygen atoms in total. The number of piperidine rings is 1. The Kier molecular flexibility index (Phi) is 4.05. The summed E-state index contributed by atoms with van der Waals surface area (Å²) >= 11 is 0. The molecule has 3 aliphatic heterocycles. The number of fused-ring (bicyclic) bond motifs is 1. The monoisotopic (exact) mass is 328 g/mol. The van der Waals surface area contributed by atoms with Gasteiger partial charge in [-0.2, -0.15) is 5.26 Å². The highest BCUT2D eigenvalue weighted by atomic mass is 16.5. The molecule has 4 rings (SSSR count). The molecule has 0 aromatic carbocycles. The van der Waals surface area contributed by atoms with Crippen molar-refractivity contribution in [3.05, 3.63) is 18.2 Å². The molecular weight excluding hydrogens is 304 g/mol. The molecule has 0 N–H and O–H groups in total. The Hall–Kier alpha value is -1.87. The highest BCUT2D eigenvalue weighted by Crippen LogP contribution is 2.39. The lowest BCUT2D eigenvalue weighted by Gasteiger charge is -2.49.